The lowest BCUT2D eigenvalue weighted by Gasteiger charge is -2.43. The number of halogens is 3. The van der Waals surface area contributed by atoms with Gasteiger partial charge in [0.2, 0.25) is 0 Å². The Morgan fingerprint density at radius 1 is 1.21 bits per heavy atom. The van der Waals surface area contributed by atoms with Crippen LogP contribution < -0.4 is 4.90 Å². The van der Waals surface area contributed by atoms with Gasteiger partial charge in [-0.3, -0.25) is 4.79 Å². The van der Waals surface area contributed by atoms with Crippen molar-refractivity contribution in [1.29, 1.82) is 5.26 Å². The van der Waals surface area contributed by atoms with Gasteiger partial charge in [0.05, 0.1) is 23.8 Å². The van der Waals surface area contributed by atoms with Crippen molar-refractivity contribution in [1.82, 2.24) is 4.90 Å². The van der Waals surface area contributed by atoms with E-state index in [4.69, 9.17) is 5.26 Å². The van der Waals surface area contributed by atoms with E-state index in [-0.39, 0.29) is 18.4 Å². The van der Waals surface area contributed by atoms with Crippen molar-refractivity contribution < 1.29 is 23.1 Å². The number of benzene rings is 2. The van der Waals surface area contributed by atoms with Crippen molar-refractivity contribution >= 4 is 11.6 Å². The fraction of sp³-hybridized carbons (Fsp3) is 0.440. The lowest BCUT2D eigenvalue weighted by Crippen LogP contribution is -2.49. The molecule has 2 fully saturated rings. The summed E-state index contributed by atoms with van der Waals surface area (Å²) in [6.07, 6.45) is -3.17. The Labute approximate surface area is 191 Å². The number of piperidine rings is 1. The number of nitriles is 1. The predicted octanol–water partition coefficient (Wildman–Crippen LogP) is 4.10. The number of aliphatic hydroxyl groups excluding tert-OH is 1. The summed E-state index contributed by atoms with van der Waals surface area (Å²) in [5.41, 5.74) is 0.324. The molecule has 5 nitrogen and oxygen atoms in total. The fourth-order valence-corrected chi connectivity index (χ4v) is 5.06. The Hall–Kier alpha value is -3.05. The maximum absolute atomic E-state index is 13.4. The predicted molar refractivity (Wildman–Crippen MR) is 118 cm³/mol. The average molecular weight is 457 g/mol. The van der Waals surface area contributed by atoms with E-state index < -0.39 is 22.7 Å². The number of anilines is 1. The maximum atomic E-state index is 13.4. The molecule has 8 heteroatoms. The molecule has 1 amide bonds. The van der Waals surface area contributed by atoms with Crippen LogP contribution in [0.5, 0.6) is 0 Å². The highest BCUT2D eigenvalue weighted by atomic mass is 19.4. The van der Waals surface area contributed by atoms with Gasteiger partial charge in [-0.25, -0.2) is 0 Å². The number of amides is 1. The molecule has 0 saturated carbocycles. The number of nitrogens with zero attached hydrogens (tertiary/aromatic N) is 3. The third-order valence-electron chi connectivity index (χ3n) is 7.14. The Morgan fingerprint density at radius 2 is 1.94 bits per heavy atom. The minimum atomic E-state index is -4.62. The second-order valence-corrected chi connectivity index (χ2v) is 8.99. The number of alkyl halides is 3. The Kier molecular flexibility index (Phi) is 6.10. The summed E-state index contributed by atoms with van der Waals surface area (Å²) >= 11 is 0. The van der Waals surface area contributed by atoms with E-state index in [2.05, 4.69) is 0 Å². The van der Waals surface area contributed by atoms with Crippen LogP contribution in [0.25, 0.3) is 0 Å². The quantitative estimate of drug-likeness (QED) is 0.751. The van der Waals surface area contributed by atoms with E-state index in [0.29, 0.717) is 43.9 Å². The Morgan fingerprint density at radius 3 is 2.55 bits per heavy atom. The summed E-state index contributed by atoms with van der Waals surface area (Å²) in [7, 11) is 0. The van der Waals surface area contributed by atoms with Gasteiger partial charge in [0, 0.05) is 48.8 Å². The first-order chi connectivity index (χ1) is 15.7. The average Bonchev–Trinajstić information content (AvgIpc) is 3.22. The highest BCUT2D eigenvalue weighted by molar-refractivity contribution is 5.94. The smallest absolute Gasteiger partial charge is 0.396 e. The topological polar surface area (TPSA) is 67.6 Å². The fourth-order valence-electron chi connectivity index (χ4n) is 5.06. The molecule has 174 valence electrons. The number of carbonyl (C=O) groups excluding carboxylic acids is 1. The monoisotopic (exact) mass is 457 g/mol. The van der Waals surface area contributed by atoms with Crippen molar-refractivity contribution in [2.75, 3.05) is 37.7 Å². The SMILES string of the molecule is CCc1ccc(C(=O)N2C[C@H]3CN(c4ccc(C#N)c(C(F)(F)F)c4)CC[C@@]3(CO)C2)cc1. The molecule has 33 heavy (non-hydrogen) atoms. The molecule has 1 N–H and O–H groups in total. The highest BCUT2D eigenvalue weighted by Gasteiger charge is 2.50. The van der Waals surface area contributed by atoms with Crippen molar-refractivity contribution in [2.24, 2.45) is 11.3 Å². The lowest BCUT2D eigenvalue weighted by molar-refractivity contribution is -0.137. The molecule has 2 heterocycles. The van der Waals surface area contributed by atoms with Gasteiger partial charge in [0.15, 0.2) is 0 Å². The zero-order valence-electron chi connectivity index (χ0n) is 18.4. The summed E-state index contributed by atoms with van der Waals surface area (Å²) in [5.74, 6) is -0.163. The molecule has 2 aromatic carbocycles. The van der Waals surface area contributed by atoms with Crippen LogP contribution in [0.1, 0.15) is 40.4 Å². The van der Waals surface area contributed by atoms with E-state index in [1.165, 1.54) is 12.1 Å². The molecule has 4 rings (SSSR count). The molecule has 2 saturated heterocycles. The van der Waals surface area contributed by atoms with E-state index >= 15 is 0 Å². The number of carbonyl (C=O) groups is 1. The minimum Gasteiger partial charge on any atom is -0.396 e. The second kappa shape index (κ2) is 8.71. The third kappa shape index (κ3) is 4.30. The Balaban J connectivity index is 1.55. The van der Waals surface area contributed by atoms with Crippen LogP contribution in [0.3, 0.4) is 0 Å². The third-order valence-corrected chi connectivity index (χ3v) is 7.14. The van der Waals surface area contributed by atoms with Crippen molar-refractivity contribution in [3.63, 3.8) is 0 Å². The molecular weight excluding hydrogens is 431 g/mol. The van der Waals surface area contributed by atoms with E-state index in [1.807, 2.05) is 36.1 Å². The number of likely N-dealkylation sites (tertiary alicyclic amines) is 1. The van der Waals surface area contributed by atoms with Gasteiger partial charge in [-0.2, -0.15) is 18.4 Å². The van der Waals surface area contributed by atoms with Gasteiger partial charge < -0.3 is 14.9 Å². The van der Waals surface area contributed by atoms with E-state index in [9.17, 15) is 23.1 Å². The van der Waals surface area contributed by atoms with Gasteiger partial charge in [-0.1, -0.05) is 19.1 Å². The summed E-state index contributed by atoms with van der Waals surface area (Å²) in [6, 6.07) is 12.9. The van der Waals surface area contributed by atoms with Crippen LogP contribution >= 0.6 is 0 Å². The van der Waals surface area contributed by atoms with E-state index in [0.717, 1.165) is 18.1 Å². The van der Waals surface area contributed by atoms with Crippen LogP contribution in [0.15, 0.2) is 42.5 Å². The maximum Gasteiger partial charge on any atom is 0.417 e. The molecule has 0 unspecified atom stereocenters. The molecule has 0 aromatic heterocycles. The number of hydrogen-bond donors (Lipinski definition) is 1. The van der Waals surface area contributed by atoms with Gasteiger partial charge in [-0.05, 0) is 48.7 Å². The summed E-state index contributed by atoms with van der Waals surface area (Å²) in [4.78, 5) is 16.7. The zero-order chi connectivity index (χ0) is 23.8. The number of rotatable bonds is 4. The van der Waals surface area contributed by atoms with E-state index in [1.54, 1.807) is 11.0 Å². The van der Waals surface area contributed by atoms with Crippen LogP contribution in [0, 0.1) is 22.7 Å². The van der Waals surface area contributed by atoms with Crippen LogP contribution in [-0.4, -0.2) is 48.7 Å². The summed E-state index contributed by atoms with van der Waals surface area (Å²) in [5, 5.41) is 19.3. The van der Waals surface area contributed by atoms with Crippen molar-refractivity contribution in [3.8, 4) is 6.07 Å². The normalized spacial score (nSPS) is 22.7. The van der Waals surface area contributed by atoms with Crippen LogP contribution in [0.4, 0.5) is 18.9 Å². The lowest BCUT2D eigenvalue weighted by atomic mass is 9.73. The molecule has 2 aliphatic rings. The zero-order valence-corrected chi connectivity index (χ0v) is 18.4. The number of aliphatic hydroxyl groups is 1. The molecule has 0 radical (unpaired) electrons. The first-order valence-electron chi connectivity index (χ1n) is 11.1. The van der Waals surface area contributed by atoms with Gasteiger partial charge in [0.1, 0.15) is 0 Å². The van der Waals surface area contributed by atoms with Gasteiger partial charge in [-0.15, -0.1) is 0 Å². The number of aryl methyl sites for hydroxylation is 1. The molecule has 0 bridgehead atoms. The largest absolute Gasteiger partial charge is 0.417 e. The minimum absolute atomic E-state index is 0.0694. The molecule has 2 aromatic rings. The Bertz CT molecular complexity index is 1080. The molecular formula is C25H26F3N3O2. The van der Waals surface area contributed by atoms with Gasteiger partial charge in [0.25, 0.3) is 5.91 Å². The first-order valence-corrected chi connectivity index (χ1v) is 11.1. The van der Waals surface area contributed by atoms with Gasteiger partial charge >= 0.3 is 6.18 Å². The summed E-state index contributed by atoms with van der Waals surface area (Å²) in [6.45, 7) is 3.73. The molecule has 2 atom stereocenters. The number of hydrogen-bond acceptors (Lipinski definition) is 4. The van der Waals surface area contributed by atoms with Crippen LogP contribution in [-0.2, 0) is 12.6 Å². The van der Waals surface area contributed by atoms with Crippen molar-refractivity contribution in [2.45, 2.75) is 25.9 Å². The number of fused-ring (bicyclic) bond motifs is 1. The standard InChI is InChI=1S/C25H26F3N3O2/c1-2-17-3-5-18(6-4-17)23(33)31-14-20-13-30(10-9-24(20,15-31)16-32)21-8-7-19(12-29)22(11-21)25(26,27)28/h3-8,11,20,32H,2,9-10,13-16H2,1H3/t20-,24+/m1/s1. The van der Waals surface area contributed by atoms with Crippen LogP contribution in [0.2, 0.25) is 0 Å². The molecule has 2 aliphatic heterocycles. The summed E-state index contributed by atoms with van der Waals surface area (Å²) < 4.78 is 40.2. The first kappa shape index (κ1) is 23.1. The second-order valence-electron chi connectivity index (χ2n) is 8.99. The molecule has 0 aliphatic carbocycles. The highest BCUT2D eigenvalue weighted by Crippen LogP contribution is 2.44. The molecule has 0 spiro atoms. The van der Waals surface area contributed by atoms with Crippen molar-refractivity contribution in [3.05, 3.63) is 64.7 Å².